The van der Waals surface area contributed by atoms with Gasteiger partial charge in [0, 0.05) is 12.6 Å². The summed E-state index contributed by atoms with van der Waals surface area (Å²) in [6.45, 7) is 1.74. The predicted octanol–water partition coefficient (Wildman–Crippen LogP) is 2.31. The maximum Gasteiger partial charge on any atom is 0.281 e. The second-order valence-electron chi connectivity index (χ2n) is 5.16. The topological polar surface area (TPSA) is 68.4 Å². The minimum Gasteiger partial charge on any atom is -0.279 e. The van der Waals surface area contributed by atoms with Crippen LogP contribution in [0, 0.1) is 6.92 Å². The van der Waals surface area contributed by atoms with Crippen molar-refractivity contribution in [1.82, 2.24) is 14.8 Å². The Bertz CT molecular complexity index is 937. The molecule has 3 rings (SSSR count). The molecule has 3 aromatic rings. The van der Waals surface area contributed by atoms with Crippen LogP contribution in [-0.2, 0) is 7.05 Å². The van der Waals surface area contributed by atoms with Crippen LogP contribution in [0.15, 0.2) is 57.7 Å². The number of thiophene rings is 1. The summed E-state index contributed by atoms with van der Waals surface area (Å²) in [5.41, 5.74) is 4.33. The van der Waals surface area contributed by atoms with E-state index in [0.29, 0.717) is 16.1 Å². The summed E-state index contributed by atoms with van der Waals surface area (Å²) in [5.74, 6) is -0.272. The average Bonchev–Trinajstić information content (AvgIpc) is 3.19. The van der Waals surface area contributed by atoms with Crippen LogP contribution in [0.1, 0.15) is 20.9 Å². The lowest BCUT2D eigenvalue weighted by atomic mass is 10.3. The van der Waals surface area contributed by atoms with Gasteiger partial charge < -0.3 is 0 Å². The highest BCUT2D eigenvalue weighted by Crippen LogP contribution is 2.09. The van der Waals surface area contributed by atoms with Gasteiger partial charge in [-0.3, -0.25) is 14.3 Å². The number of amides is 1. The maximum absolute atomic E-state index is 12.5. The Kier molecular flexibility index (Phi) is 4.43. The number of hydrazone groups is 1. The summed E-state index contributed by atoms with van der Waals surface area (Å²) < 4.78 is 3.28. The number of aromatic nitrogens is 2. The first-order chi connectivity index (χ1) is 11.6. The number of nitrogens with one attached hydrogen (secondary N) is 1. The van der Waals surface area contributed by atoms with E-state index in [1.807, 2.05) is 35.7 Å². The Morgan fingerprint density at radius 2 is 1.96 bits per heavy atom. The summed E-state index contributed by atoms with van der Waals surface area (Å²) in [4.78, 5) is 24.9. The van der Waals surface area contributed by atoms with Crippen molar-refractivity contribution in [3.8, 4) is 5.69 Å². The lowest BCUT2D eigenvalue weighted by molar-refractivity contribution is 0.0959. The summed E-state index contributed by atoms with van der Waals surface area (Å²) in [6, 6.07) is 12.9. The Hall–Kier alpha value is -2.93. The molecule has 1 amide bonds. The molecule has 0 atom stereocenters. The lowest BCUT2D eigenvalue weighted by Gasteiger charge is -2.07. The molecule has 0 unspecified atom stereocenters. The summed E-state index contributed by atoms with van der Waals surface area (Å²) >= 11 is 1.34. The van der Waals surface area contributed by atoms with Crippen LogP contribution >= 0.6 is 11.3 Å². The first-order valence-electron chi connectivity index (χ1n) is 7.30. The van der Waals surface area contributed by atoms with Gasteiger partial charge in [-0.2, -0.15) is 5.10 Å². The minimum absolute atomic E-state index is 0.116. The highest BCUT2D eigenvalue weighted by molar-refractivity contribution is 7.12. The lowest BCUT2D eigenvalue weighted by Crippen LogP contribution is -2.20. The number of nitrogens with zero attached hydrogens (tertiary/aromatic N) is 3. The molecule has 2 aromatic heterocycles. The smallest absolute Gasteiger partial charge is 0.279 e. The fourth-order valence-electron chi connectivity index (χ4n) is 2.41. The van der Waals surface area contributed by atoms with E-state index in [9.17, 15) is 9.59 Å². The SMILES string of the molecule is Cc1c(/C=N\NC(=O)c2cccs2)n(C)n(-c2ccccc2)c1=O. The molecule has 2 heterocycles. The van der Waals surface area contributed by atoms with E-state index >= 15 is 0 Å². The molecule has 122 valence electrons. The highest BCUT2D eigenvalue weighted by Gasteiger charge is 2.14. The number of hydrogen-bond acceptors (Lipinski definition) is 4. The van der Waals surface area contributed by atoms with Gasteiger partial charge >= 0.3 is 0 Å². The minimum atomic E-state index is -0.272. The predicted molar refractivity (Wildman–Crippen MR) is 95.1 cm³/mol. The van der Waals surface area contributed by atoms with Crippen molar-refractivity contribution < 1.29 is 4.79 Å². The molecule has 0 saturated heterocycles. The Labute approximate surface area is 142 Å². The van der Waals surface area contributed by atoms with Gasteiger partial charge in [0.25, 0.3) is 11.5 Å². The van der Waals surface area contributed by atoms with E-state index in [-0.39, 0.29) is 11.5 Å². The molecule has 0 aliphatic heterocycles. The van der Waals surface area contributed by atoms with Crippen molar-refractivity contribution >= 4 is 23.5 Å². The molecular weight excluding hydrogens is 324 g/mol. The Morgan fingerprint density at radius 1 is 1.21 bits per heavy atom. The third-order valence-electron chi connectivity index (χ3n) is 3.64. The molecule has 1 N–H and O–H groups in total. The van der Waals surface area contributed by atoms with Gasteiger partial charge in [-0.15, -0.1) is 11.3 Å². The van der Waals surface area contributed by atoms with Crippen molar-refractivity contribution in [2.75, 3.05) is 0 Å². The largest absolute Gasteiger partial charge is 0.281 e. The zero-order valence-corrected chi connectivity index (χ0v) is 14.1. The first kappa shape index (κ1) is 15.9. The summed E-state index contributed by atoms with van der Waals surface area (Å²) in [7, 11) is 1.78. The molecule has 1 aromatic carbocycles. The van der Waals surface area contributed by atoms with Crippen molar-refractivity contribution in [3.05, 3.63) is 74.3 Å². The van der Waals surface area contributed by atoms with Crippen LogP contribution in [0.25, 0.3) is 5.69 Å². The van der Waals surface area contributed by atoms with Crippen molar-refractivity contribution in [2.24, 2.45) is 12.1 Å². The second kappa shape index (κ2) is 6.67. The number of carbonyl (C=O) groups excluding carboxylic acids is 1. The average molecular weight is 340 g/mol. The van der Waals surface area contributed by atoms with Crippen LogP contribution in [0.5, 0.6) is 0 Å². The standard InChI is InChI=1S/C17H16N4O2S/c1-12-14(11-18-19-16(22)15-9-6-10-24-15)20(2)21(17(12)23)13-7-4-3-5-8-13/h3-11H,1-2H3,(H,19,22)/b18-11-. The second-order valence-corrected chi connectivity index (χ2v) is 6.11. The first-order valence-corrected chi connectivity index (χ1v) is 8.18. The number of hydrogen-bond donors (Lipinski definition) is 1. The van der Waals surface area contributed by atoms with Gasteiger partial charge in [-0.25, -0.2) is 10.1 Å². The van der Waals surface area contributed by atoms with Crippen molar-refractivity contribution in [2.45, 2.75) is 6.92 Å². The van der Waals surface area contributed by atoms with Gasteiger partial charge in [0.2, 0.25) is 0 Å². The third-order valence-corrected chi connectivity index (χ3v) is 4.51. The van der Waals surface area contributed by atoms with Crippen LogP contribution in [0.2, 0.25) is 0 Å². The summed E-state index contributed by atoms with van der Waals surface area (Å²) in [6.07, 6.45) is 1.49. The maximum atomic E-state index is 12.5. The molecule has 0 radical (unpaired) electrons. The molecule has 6 nitrogen and oxygen atoms in total. The number of benzene rings is 1. The zero-order chi connectivity index (χ0) is 17.1. The van der Waals surface area contributed by atoms with E-state index in [1.165, 1.54) is 17.6 Å². The van der Waals surface area contributed by atoms with Gasteiger partial charge in [0.05, 0.1) is 22.5 Å². The van der Waals surface area contributed by atoms with Crippen LogP contribution in [0.4, 0.5) is 0 Å². The van der Waals surface area contributed by atoms with E-state index < -0.39 is 0 Å². The molecule has 0 aliphatic carbocycles. The normalized spacial score (nSPS) is 11.1. The zero-order valence-electron chi connectivity index (χ0n) is 13.3. The monoisotopic (exact) mass is 340 g/mol. The third kappa shape index (κ3) is 2.93. The van der Waals surface area contributed by atoms with E-state index in [1.54, 1.807) is 35.5 Å². The van der Waals surface area contributed by atoms with Gasteiger partial charge in [0.1, 0.15) is 0 Å². The number of para-hydroxylation sites is 1. The molecule has 0 saturated carbocycles. The number of carbonyl (C=O) groups is 1. The van der Waals surface area contributed by atoms with Crippen LogP contribution < -0.4 is 11.0 Å². The summed E-state index contributed by atoms with van der Waals surface area (Å²) in [5, 5.41) is 5.80. The highest BCUT2D eigenvalue weighted by atomic mass is 32.1. The Morgan fingerprint density at radius 3 is 2.62 bits per heavy atom. The molecule has 7 heteroatoms. The van der Waals surface area contributed by atoms with E-state index in [4.69, 9.17) is 0 Å². The fraction of sp³-hybridized carbons (Fsp3) is 0.118. The quantitative estimate of drug-likeness (QED) is 0.585. The number of rotatable bonds is 4. The van der Waals surface area contributed by atoms with E-state index in [2.05, 4.69) is 10.5 Å². The van der Waals surface area contributed by atoms with Crippen molar-refractivity contribution in [1.29, 1.82) is 0 Å². The van der Waals surface area contributed by atoms with Gasteiger partial charge in [-0.1, -0.05) is 24.3 Å². The molecule has 0 spiro atoms. The van der Waals surface area contributed by atoms with Crippen molar-refractivity contribution in [3.63, 3.8) is 0 Å². The van der Waals surface area contributed by atoms with Gasteiger partial charge in [-0.05, 0) is 30.5 Å². The fourth-order valence-corrected chi connectivity index (χ4v) is 3.02. The molecule has 0 fully saturated rings. The molecule has 0 bridgehead atoms. The molecular formula is C17H16N4O2S. The van der Waals surface area contributed by atoms with Crippen LogP contribution in [0.3, 0.4) is 0 Å². The molecule has 24 heavy (non-hydrogen) atoms. The van der Waals surface area contributed by atoms with Gasteiger partial charge in [0.15, 0.2) is 0 Å². The van der Waals surface area contributed by atoms with E-state index in [0.717, 1.165) is 5.69 Å². The van der Waals surface area contributed by atoms with Crippen LogP contribution in [-0.4, -0.2) is 21.5 Å². The molecule has 0 aliphatic rings. The Balaban J connectivity index is 1.88.